The van der Waals surface area contributed by atoms with Crippen LogP contribution in [0.4, 0.5) is 0 Å². The number of aromatic nitrogens is 3. The summed E-state index contributed by atoms with van der Waals surface area (Å²) in [6.07, 6.45) is 0.772. The van der Waals surface area contributed by atoms with Gasteiger partial charge in [0, 0.05) is 31.0 Å². The number of nitrogens with zero attached hydrogens (tertiary/aromatic N) is 4. The van der Waals surface area contributed by atoms with E-state index in [9.17, 15) is 4.79 Å². The maximum absolute atomic E-state index is 13.7. The molecule has 0 amide bonds. The third kappa shape index (κ3) is 5.22. The first-order valence-electron chi connectivity index (χ1n) is 11.6. The molecular formula is C26H28N4O4S. The molecule has 2 aromatic carbocycles. The van der Waals surface area contributed by atoms with Crippen molar-refractivity contribution in [3.8, 4) is 11.5 Å². The molecule has 9 heteroatoms. The Hall–Kier alpha value is -3.27. The monoisotopic (exact) mass is 492 g/mol. The van der Waals surface area contributed by atoms with Gasteiger partial charge in [0.15, 0.2) is 11.5 Å². The molecule has 5 rings (SSSR count). The van der Waals surface area contributed by atoms with Crippen molar-refractivity contribution in [2.24, 2.45) is 0 Å². The standard InChI is InChI=1S/C26H28N4O4S/c1-32-22-13-20-21(14-23(22)33-2)28-24(16-29-8-10-34-11-9-29)30(26(20)31)15-19-17-35-25(27-19)12-18-6-4-3-5-7-18/h3-7,13-14,17H,8-12,15-16H2,1-2H3. The van der Waals surface area contributed by atoms with Crippen molar-refractivity contribution in [1.82, 2.24) is 19.4 Å². The first kappa shape index (κ1) is 23.5. The molecule has 8 nitrogen and oxygen atoms in total. The minimum atomic E-state index is -0.114. The molecule has 182 valence electrons. The van der Waals surface area contributed by atoms with Crippen LogP contribution in [0.3, 0.4) is 0 Å². The van der Waals surface area contributed by atoms with E-state index in [1.807, 2.05) is 23.6 Å². The number of ether oxygens (including phenoxy) is 3. The van der Waals surface area contributed by atoms with Gasteiger partial charge in [-0.2, -0.15) is 0 Å². The second-order valence-electron chi connectivity index (χ2n) is 8.43. The van der Waals surface area contributed by atoms with E-state index in [4.69, 9.17) is 24.2 Å². The SMILES string of the molecule is COc1cc2nc(CN3CCOCC3)n(Cc3csc(Cc4ccccc4)n3)c(=O)c2cc1OC. The fourth-order valence-corrected chi connectivity index (χ4v) is 5.09. The zero-order valence-electron chi connectivity index (χ0n) is 19.9. The van der Waals surface area contributed by atoms with E-state index in [2.05, 4.69) is 17.0 Å². The highest BCUT2D eigenvalue weighted by molar-refractivity contribution is 7.09. The van der Waals surface area contributed by atoms with Crippen molar-refractivity contribution in [3.63, 3.8) is 0 Å². The molecule has 0 N–H and O–H groups in total. The second-order valence-corrected chi connectivity index (χ2v) is 9.37. The van der Waals surface area contributed by atoms with Crippen LogP contribution in [0.1, 0.15) is 22.1 Å². The summed E-state index contributed by atoms with van der Waals surface area (Å²) in [5, 5.41) is 3.55. The predicted molar refractivity (Wildman–Crippen MR) is 136 cm³/mol. The van der Waals surface area contributed by atoms with Gasteiger partial charge in [0.05, 0.1) is 62.1 Å². The maximum Gasteiger partial charge on any atom is 0.261 e. The molecule has 0 unspecified atom stereocenters. The Morgan fingerprint density at radius 2 is 1.74 bits per heavy atom. The van der Waals surface area contributed by atoms with Crippen LogP contribution in [-0.2, 0) is 24.2 Å². The molecule has 1 aliphatic rings. The van der Waals surface area contributed by atoms with Crippen molar-refractivity contribution in [2.45, 2.75) is 19.5 Å². The van der Waals surface area contributed by atoms with Crippen LogP contribution in [-0.4, -0.2) is 60.0 Å². The quantitative estimate of drug-likeness (QED) is 0.373. The van der Waals surface area contributed by atoms with Crippen LogP contribution < -0.4 is 15.0 Å². The van der Waals surface area contributed by atoms with Gasteiger partial charge < -0.3 is 14.2 Å². The number of morpholine rings is 1. The average Bonchev–Trinajstić information content (AvgIpc) is 3.33. The molecular weight excluding hydrogens is 464 g/mol. The van der Waals surface area contributed by atoms with Gasteiger partial charge in [-0.15, -0.1) is 11.3 Å². The minimum Gasteiger partial charge on any atom is -0.493 e. The third-order valence-electron chi connectivity index (χ3n) is 6.12. The fourth-order valence-electron chi connectivity index (χ4n) is 4.27. The number of rotatable bonds is 8. The Morgan fingerprint density at radius 1 is 1.00 bits per heavy atom. The molecule has 0 aliphatic carbocycles. The molecule has 1 aliphatic heterocycles. The smallest absolute Gasteiger partial charge is 0.261 e. The highest BCUT2D eigenvalue weighted by Crippen LogP contribution is 2.30. The van der Waals surface area contributed by atoms with E-state index in [-0.39, 0.29) is 5.56 Å². The summed E-state index contributed by atoms with van der Waals surface area (Å²) in [5.41, 5.74) is 2.55. The van der Waals surface area contributed by atoms with Gasteiger partial charge in [-0.25, -0.2) is 9.97 Å². The van der Waals surface area contributed by atoms with Gasteiger partial charge in [-0.1, -0.05) is 30.3 Å². The molecule has 0 saturated carbocycles. The van der Waals surface area contributed by atoms with Crippen molar-refractivity contribution in [2.75, 3.05) is 40.5 Å². The Labute approximate surface area is 207 Å². The molecule has 3 heterocycles. The number of hydrogen-bond acceptors (Lipinski definition) is 8. The van der Waals surface area contributed by atoms with E-state index in [0.29, 0.717) is 54.5 Å². The molecule has 0 spiro atoms. The first-order chi connectivity index (χ1) is 17.1. The van der Waals surface area contributed by atoms with E-state index in [0.717, 1.165) is 30.2 Å². The van der Waals surface area contributed by atoms with Gasteiger partial charge in [0.2, 0.25) is 0 Å². The van der Waals surface area contributed by atoms with E-state index >= 15 is 0 Å². The van der Waals surface area contributed by atoms with Gasteiger partial charge in [0.1, 0.15) is 5.82 Å². The summed E-state index contributed by atoms with van der Waals surface area (Å²) in [4.78, 5) is 25.7. The van der Waals surface area contributed by atoms with E-state index < -0.39 is 0 Å². The highest BCUT2D eigenvalue weighted by atomic mass is 32.1. The van der Waals surface area contributed by atoms with Crippen LogP contribution in [0.25, 0.3) is 10.9 Å². The van der Waals surface area contributed by atoms with Crippen LogP contribution in [0.5, 0.6) is 11.5 Å². The molecule has 0 bridgehead atoms. The zero-order valence-corrected chi connectivity index (χ0v) is 20.7. The lowest BCUT2D eigenvalue weighted by Crippen LogP contribution is -2.38. The zero-order chi connectivity index (χ0) is 24.2. The third-order valence-corrected chi connectivity index (χ3v) is 7.02. The maximum atomic E-state index is 13.7. The number of fused-ring (bicyclic) bond motifs is 1. The van der Waals surface area contributed by atoms with Gasteiger partial charge in [-0.3, -0.25) is 14.3 Å². The van der Waals surface area contributed by atoms with Crippen LogP contribution in [0.2, 0.25) is 0 Å². The minimum absolute atomic E-state index is 0.114. The molecule has 1 fully saturated rings. The Bertz CT molecular complexity index is 1360. The van der Waals surface area contributed by atoms with Gasteiger partial charge in [0.25, 0.3) is 5.56 Å². The predicted octanol–water partition coefficient (Wildman–Crippen LogP) is 3.34. The summed E-state index contributed by atoms with van der Waals surface area (Å²) < 4.78 is 18.1. The van der Waals surface area contributed by atoms with Crippen LogP contribution in [0, 0.1) is 0 Å². The fraction of sp³-hybridized carbons (Fsp3) is 0.346. The van der Waals surface area contributed by atoms with Crippen molar-refractivity contribution < 1.29 is 14.2 Å². The first-order valence-corrected chi connectivity index (χ1v) is 12.5. The molecule has 0 radical (unpaired) electrons. The molecule has 4 aromatic rings. The summed E-state index contributed by atoms with van der Waals surface area (Å²) in [7, 11) is 3.14. The Morgan fingerprint density at radius 3 is 2.49 bits per heavy atom. The topological polar surface area (TPSA) is 78.7 Å². The normalized spacial score (nSPS) is 14.3. The van der Waals surface area contributed by atoms with Crippen molar-refractivity contribution >= 4 is 22.2 Å². The number of methoxy groups -OCH3 is 2. The van der Waals surface area contributed by atoms with Gasteiger partial charge >= 0.3 is 0 Å². The highest BCUT2D eigenvalue weighted by Gasteiger charge is 2.19. The van der Waals surface area contributed by atoms with Crippen molar-refractivity contribution in [1.29, 1.82) is 0 Å². The lowest BCUT2D eigenvalue weighted by Gasteiger charge is -2.27. The average molecular weight is 493 g/mol. The van der Waals surface area contributed by atoms with E-state index in [1.165, 1.54) is 5.56 Å². The molecule has 35 heavy (non-hydrogen) atoms. The van der Waals surface area contributed by atoms with Crippen LogP contribution >= 0.6 is 11.3 Å². The Balaban J connectivity index is 1.52. The van der Waals surface area contributed by atoms with Gasteiger partial charge in [-0.05, 0) is 11.6 Å². The lowest BCUT2D eigenvalue weighted by molar-refractivity contribution is 0.0325. The summed E-state index contributed by atoms with van der Waals surface area (Å²) in [6.45, 7) is 3.88. The molecule has 1 saturated heterocycles. The molecule has 2 aromatic heterocycles. The molecule has 0 atom stereocenters. The number of hydrogen-bond donors (Lipinski definition) is 0. The second kappa shape index (κ2) is 10.6. The van der Waals surface area contributed by atoms with Crippen LogP contribution in [0.15, 0.2) is 52.6 Å². The number of thiazole rings is 1. The summed E-state index contributed by atoms with van der Waals surface area (Å²) >= 11 is 1.62. The van der Waals surface area contributed by atoms with E-state index in [1.54, 1.807) is 42.3 Å². The number of benzene rings is 2. The Kier molecular flexibility index (Phi) is 7.08. The largest absolute Gasteiger partial charge is 0.493 e. The van der Waals surface area contributed by atoms with Crippen molar-refractivity contribution in [3.05, 3.63) is 80.3 Å². The summed E-state index contributed by atoms with van der Waals surface area (Å²) in [5.74, 6) is 1.76. The lowest BCUT2D eigenvalue weighted by atomic mass is 10.2. The summed E-state index contributed by atoms with van der Waals surface area (Å²) in [6, 6.07) is 13.7.